The van der Waals surface area contributed by atoms with E-state index in [0.29, 0.717) is 16.2 Å². The average Bonchev–Trinajstić information content (AvgIpc) is 2.51. The van der Waals surface area contributed by atoms with Crippen molar-refractivity contribution >= 4 is 15.9 Å². The maximum absolute atomic E-state index is 12.4. The van der Waals surface area contributed by atoms with Crippen LogP contribution in [0.1, 0.15) is 24.5 Å². The van der Waals surface area contributed by atoms with Crippen molar-refractivity contribution in [3.05, 3.63) is 34.2 Å². The summed E-state index contributed by atoms with van der Waals surface area (Å²) in [6.07, 6.45) is 2.33. The third-order valence-corrected chi connectivity index (χ3v) is 5.24. The Labute approximate surface area is 102 Å². The predicted octanol–water partition coefficient (Wildman–Crippen LogP) is 2.12. The number of sulfone groups is 1. The van der Waals surface area contributed by atoms with Crippen molar-refractivity contribution in [1.82, 2.24) is 5.32 Å². The number of hydrogen-bond acceptors (Lipinski definition) is 3. The summed E-state index contributed by atoms with van der Waals surface area (Å²) in [5.74, 6) is 0. The number of fused-ring (bicyclic) bond motifs is 1. The fourth-order valence-electron chi connectivity index (χ4n) is 2.11. The SMILES string of the molecule is CNC(C)CC1=Cc2cccc(C)c2S1(=O)=O. The van der Waals surface area contributed by atoms with Crippen LogP contribution in [0.5, 0.6) is 0 Å². The van der Waals surface area contributed by atoms with E-state index >= 15 is 0 Å². The van der Waals surface area contributed by atoms with E-state index in [4.69, 9.17) is 0 Å². The fraction of sp³-hybridized carbons (Fsp3) is 0.385. The van der Waals surface area contributed by atoms with E-state index in [-0.39, 0.29) is 6.04 Å². The molecule has 1 atom stereocenters. The molecular formula is C13H17NO2S. The summed E-state index contributed by atoms with van der Waals surface area (Å²) in [5, 5.41) is 3.07. The first-order valence-electron chi connectivity index (χ1n) is 5.69. The van der Waals surface area contributed by atoms with Gasteiger partial charge in [-0.3, -0.25) is 0 Å². The van der Waals surface area contributed by atoms with Gasteiger partial charge in [0.25, 0.3) is 0 Å². The van der Waals surface area contributed by atoms with Gasteiger partial charge in [-0.1, -0.05) is 18.2 Å². The smallest absolute Gasteiger partial charge is 0.203 e. The van der Waals surface area contributed by atoms with E-state index in [0.717, 1.165) is 11.1 Å². The summed E-state index contributed by atoms with van der Waals surface area (Å²) in [7, 11) is -1.42. The molecule has 17 heavy (non-hydrogen) atoms. The van der Waals surface area contributed by atoms with Crippen LogP contribution in [0.2, 0.25) is 0 Å². The second kappa shape index (κ2) is 4.27. The summed E-state index contributed by atoms with van der Waals surface area (Å²) < 4.78 is 24.7. The van der Waals surface area contributed by atoms with E-state index < -0.39 is 9.84 Å². The highest BCUT2D eigenvalue weighted by atomic mass is 32.2. The quantitative estimate of drug-likeness (QED) is 0.895. The summed E-state index contributed by atoms with van der Waals surface area (Å²) in [6.45, 7) is 3.82. The van der Waals surface area contributed by atoms with Gasteiger partial charge < -0.3 is 5.32 Å². The van der Waals surface area contributed by atoms with Gasteiger partial charge in [-0.25, -0.2) is 8.42 Å². The molecule has 1 unspecified atom stereocenters. The molecule has 92 valence electrons. The van der Waals surface area contributed by atoms with E-state index in [1.54, 1.807) is 6.08 Å². The maximum Gasteiger partial charge on any atom is 0.203 e. The molecule has 0 saturated heterocycles. The highest BCUT2D eigenvalue weighted by Gasteiger charge is 2.31. The van der Waals surface area contributed by atoms with Crippen molar-refractivity contribution in [3.8, 4) is 0 Å². The molecule has 0 aliphatic carbocycles. The minimum absolute atomic E-state index is 0.158. The summed E-state index contributed by atoms with van der Waals surface area (Å²) >= 11 is 0. The molecule has 0 aromatic heterocycles. The standard InChI is InChI=1S/C13H17NO2S/c1-9-5-4-6-11-8-12(7-10(2)14-3)17(15,16)13(9)11/h4-6,8,10,14H,7H2,1-3H3. The number of rotatable bonds is 3. The number of aryl methyl sites for hydroxylation is 1. The Morgan fingerprint density at radius 3 is 2.65 bits per heavy atom. The van der Waals surface area contributed by atoms with Crippen LogP contribution in [0.25, 0.3) is 6.08 Å². The average molecular weight is 251 g/mol. The van der Waals surface area contributed by atoms with Gasteiger partial charge in [0.15, 0.2) is 0 Å². The topological polar surface area (TPSA) is 46.2 Å². The van der Waals surface area contributed by atoms with E-state index in [1.165, 1.54) is 0 Å². The molecule has 0 bridgehead atoms. The zero-order valence-corrected chi connectivity index (χ0v) is 11.1. The third-order valence-electron chi connectivity index (χ3n) is 3.17. The summed E-state index contributed by atoms with van der Waals surface area (Å²) in [4.78, 5) is 1.00. The third kappa shape index (κ3) is 2.03. The lowest BCUT2D eigenvalue weighted by atomic mass is 10.1. The minimum Gasteiger partial charge on any atom is -0.317 e. The van der Waals surface area contributed by atoms with Crippen LogP contribution in [0.4, 0.5) is 0 Å². The van der Waals surface area contributed by atoms with Crippen molar-refractivity contribution in [2.75, 3.05) is 7.05 Å². The monoisotopic (exact) mass is 251 g/mol. The summed E-state index contributed by atoms with van der Waals surface area (Å²) in [6, 6.07) is 5.75. The van der Waals surface area contributed by atoms with Crippen LogP contribution in [0.15, 0.2) is 28.0 Å². The lowest BCUT2D eigenvalue weighted by Crippen LogP contribution is -2.22. The Balaban J connectivity index is 2.47. The lowest BCUT2D eigenvalue weighted by Gasteiger charge is -2.11. The molecule has 1 aliphatic heterocycles. The van der Waals surface area contributed by atoms with E-state index in [9.17, 15) is 8.42 Å². The molecule has 0 amide bonds. The van der Waals surface area contributed by atoms with E-state index in [2.05, 4.69) is 5.32 Å². The van der Waals surface area contributed by atoms with Crippen molar-refractivity contribution in [2.24, 2.45) is 0 Å². The number of benzene rings is 1. The molecule has 4 heteroatoms. The van der Waals surface area contributed by atoms with Crippen LogP contribution in [-0.4, -0.2) is 21.5 Å². The van der Waals surface area contributed by atoms with Crippen molar-refractivity contribution in [3.63, 3.8) is 0 Å². The Morgan fingerprint density at radius 2 is 2.06 bits per heavy atom. The van der Waals surface area contributed by atoms with Gasteiger partial charge in [-0.05, 0) is 44.5 Å². The first-order chi connectivity index (χ1) is 7.96. The molecule has 2 rings (SSSR count). The van der Waals surface area contributed by atoms with Gasteiger partial charge in [-0.2, -0.15) is 0 Å². The normalized spacial score (nSPS) is 18.6. The second-order valence-electron chi connectivity index (χ2n) is 4.50. The van der Waals surface area contributed by atoms with Gasteiger partial charge in [0, 0.05) is 6.04 Å². The number of nitrogens with one attached hydrogen (secondary N) is 1. The van der Waals surface area contributed by atoms with Gasteiger partial charge in [0.05, 0.1) is 9.80 Å². The van der Waals surface area contributed by atoms with Crippen LogP contribution in [0, 0.1) is 6.92 Å². The molecule has 0 radical (unpaired) electrons. The van der Waals surface area contributed by atoms with Crippen LogP contribution in [-0.2, 0) is 9.84 Å². The van der Waals surface area contributed by atoms with Gasteiger partial charge >= 0.3 is 0 Å². The maximum atomic E-state index is 12.4. The molecule has 1 aromatic carbocycles. The minimum atomic E-state index is -3.26. The largest absolute Gasteiger partial charge is 0.317 e. The Morgan fingerprint density at radius 1 is 1.35 bits per heavy atom. The molecular weight excluding hydrogens is 234 g/mol. The lowest BCUT2D eigenvalue weighted by molar-refractivity contribution is 0.586. The van der Waals surface area contributed by atoms with Crippen molar-refractivity contribution < 1.29 is 8.42 Å². The van der Waals surface area contributed by atoms with Crippen molar-refractivity contribution in [1.29, 1.82) is 0 Å². The highest BCUT2D eigenvalue weighted by molar-refractivity contribution is 7.95. The molecule has 1 aromatic rings. The molecule has 0 fully saturated rings. The van der Waals surface area contributed by atoms with Crippen LogP contribution < -0.4 is 5.32 Å². The molecule has 3 nitrogen and oxygen atoms in total. The zero-order chi connectivity index (χ0) is 12.6. The Hall–Kier alpha value is -1.13. The molecule has 1 aliphatic rings. The molecule has 1 N–H and O–H groups in total. The van der Waals surface area contributed by atoms with Gasteiger partial charge in [0.2, 0.25) is 9.84 Å². The Bertz CT molecular complexity index is 573. The van der Waals surface area contributed by atoms with Crippen LogP contribution in [0.3, 0.4) is 0 Å². The van der Waals surface area contributed by atoms with Gasteiger partial charge in [-0.15, -0.1) is 0 Å². The van der Waals surface area contributed by atoms with Crippen LogP contribution >= 0.6 is 0 Å². The second-order valence-corrected chi connectivity index (χ2v) is 6.44. The first-order valence-corrected chi connectivity index (χ1v) is 7.17. The highest BCUT2D eigenvalue weighted by Crippen LogP contribution is 2.36. The Kier molecular flexibility index (Phi) is 3.10. The molecule has 1 heterocycles. The van der Waals surface area contributed by atoms with Gasteiger partial charge in [0.1, 0.15) is 0 Å². The predicted molar refractivity (Wildman–Crippen MR) is 69.5 cm³/mol. The van der Waals surface area contributed by atoms with E-state index in [1.807, 2.05) is 39.1 Å². The fourth-order valence-corrected chi connectivity index (χ4v) is 4.05. The summed E-state index contributed by atoms with van der Waals surface area (Å²) in [5.41, 5.74) is 1.65. The molecule has 0 saturated carbocycles. The van der Waals surface area contributed by atoms with Crippen molar-refractivity contribution in [2.45, 2.75) is 31.2 Å². The number of hydrogen-bond donors (Lipinski definition) is 1. The zero-order valence-electron chi connectivity index (χ0n) is 10.3. The molecule has 0 spiro atoms. The first kappa shape index (κ1) is 12.3.